The third kappa shape index (κ3) is 2.25. The molecule has 5 heteroatoms. The minimum absolute atomic E-state index is 0.0796. The predicted octanol–water partition coefficient (Wildman–Crippen LogP) is 0.653. The Morgan fingerprint density at radius 1 is 1.47 bits per heavy atom. The fourth-order valence-electron chi connectivity index (χ4n) is 2.42. The fraction of sp³-hybridized carbons (Fsp3) is 0.429. The molecule has 0 saturated heterocycles. The Morgan fingerprint density at radius 2 is 2.21 bits per heavy atom. The maximum absolute atomic E-state index is 12.5. The van der Waals surface area contributed by atoms with Gasteiger partial charge in [0, 0.05) is 7.05 Å². The van der Waals surface area contributed by atoms with Gasteiger partial charge >= 0.3 is 0 Å². The normalized spacial score (nSPS) is 22.7. The van der Waals surface area contributed by atoms with Crippen LogP contribution in [0.15, 0.2) is 29.3 Å². The van der Waals surface area contributed by atoms with Crippen LogP contribution in [0.2, 0.25) is 0 Å². The number of hydrogen-bond acceptors (Lipinski definition) is 3. The Morgan fingerprint density at radius 3 is 2.74 bits per heavy atom. The lowest BCUT2D eigenvalue weighted by atomic mass is 9.82. The van der Waals surface area contributed by atoms with Crippen LogP contribution in [0.5, 0.6) is 0 Å². The SMILES string of the molecule is [B]c1cccc(C2(CCCC)N=C(N)N(C)C2=O)c1. The molecule has 4 nitrogen and oxygen atoms in total. The summed E-state index contributed by atoms with van der Waals surface area (Å²) in [5, 5.41) is 0. The van der Waals surface area contributed by atoms with E-state index in [9.17, 15) is 4.79 Å². The highest BCUT2D eigenvalue weighted by Crippen LogP contribution is 2.36. The first-order valence-corrected chi connectivity index (χ1v) is 6.51. The molecule has 1 atom stereocenters. The molecule has 1 amide bonds. The van der Waals surface area contributed by atoms with E-state index in [-0.39, 0.29) is 11.9 Å². The van der Waals surface area contributed by atoms with Gasteiger partial charge in [-0.05, 0) is 12.0 Å². The van der Waals surface area contributed by atoms with Gasteiger partial charge in [0.1, 0.15) is 7.85 Å². The fourth-order valence-corrected chi connectivity index (χ4v) is 2.42. The Bertz CT molecular complexity index is 529. The molecule has 0 spiro atoms. The summed E-state index contributed by atoms with van der Waals surface area (Å²) in [5.74, 6) is 0.188. The zero-order valence-electron chi connectivity index (χ0n) is 11.4. The van der Waals surface area contributed by atoms with Crippen LogP contribution >= 0.6 is 0 Å². The molecule has 98 valence electrons. The van der Waals surface area contributed by atoms with Gasteiger partial charge in [-0.3, -0.25) is 9.69 Å². The molecule has 1 aliphatic rings. The summed E-state index contributed by atoms with van der Waals surface area (Å²) in [6.07, 6.45) is 2.55. The van der Waals surface area contributed by atoms with Gasteiger partial charge < -0.3 is 5.73 Å². The van der Waals surface area contributed by atoms with Crippen LogP contribution < -0.4 is 11.2 Å². The topological polar surface area (TPSA) is 58.7 Å². The standard InChI is InChI=1S/C14H18BN3O/c1-3-4-8-14(10-6-5-7-11(15)9-10)12(19)18(2)13(16)17-14/h5-7,9H,3-4,8H2,1-2H3,(H2,16,17). The molecule has 1 heterocycles. The van der Waals surface area contributed by atoms with Crippen LogP contribution in [0.25, 0.3) is 0 Å². The second-order valence-electron chi connectivity index (χ2n) is 4.92. The highest BCUT2D eigenvalue weighted by molar-refractivity contribution is 6.32. The van der Waals surface area contributed by atoms with Gasteiger partial charge in [-0.25, -0.2) is 4.99 Å². The smallest absolute Gasteiger partial charge is 0.261 e. The highest BCUT2D eigenvalue weighted by Gasteiger charge is 2.47. The van der Waals surface area contributed by atoms with Crippen molar-refractivity contribution in [3.63, 3.8) is 0 Å². The molecule has 0 aromatic heterocycles. The summed E-state index contributed by atoms with van der Waals surface area (Å²) in [4.78, 5) is 18.4. The molecule has 0 fully saturated rings. The van der Waals surface area contributed by atoms with Crippen molar-refractivity contribution in [3.8, 4) is 0 Å². The highest BCUT2D eigenvalue weighted by atomic mass is 16.2. The van der Waals surface area contributed by atoms with Gasteiger partial charge in [0.15, 0.2) is 11.5 Å². The number of guanidine groups is 1. The van der Waals surface area contributed by atoms with Crippen molar-refractivity contribution in [1.82, 2.24) is 4.90 Å². The van der Waals surface area contributed by atoms with Crippen molar-refractivity contribution in [1.29, 1.82) is 0 Å². The first-order chi connectivity index (χ1) is 9.01. The number of nitrogens with zero attached hydrogens (tertiary/aromatic N) is 2. The van der Waals surface area contributed by atoms with Crippen LogP contribution in [0.1, 0.15) is 31.7 Å². The van der Waals surface area contributed by atoms with Gasteiger partial charge in [0.05, 0.1) is 0 Å². The second kappa shape index (κ2) is 5.07. The van der Waals surface area contributed by atoms with Crippen LogP contribution in [0.4, 0.5) is 0 Å². The largest absolute Gasteiger partial charge is 0.369 e. The number of carbonyl (C=O) groups excluding carboxylic acids is 1. The van der Waals surface area contributed by atoms with E-state index in [0.717, 1.165) is 18.4 Å². The van der Waals surface area contributed by atoms with E-state index < -0.39 is 5.54 Å². The number of carbonyl (C=O) groups is 1. The van der Waals surface area contributed by atoms with E-state index in [4.69, 9.17) is 13.6 Å². The monoisotopic (exact) mass is 255 g/mol. The van der Waals surface area contributed by atoms with E-state index in [1.807, 2.05) is 18.2 Å². The predicted molar refractivity (Wildman–Crippen MR) is 77.4 cm³/mol. The van der Waals surface area contributed by atoms with E-state index in [2.05, 4.69) is 11.9 Å². The molecule has 2 rings (SSSR count). The molecule has 1 aromatic carbocycles. The van der Waals surface area contributed by atoms with Gasteiger partial charge in [-0.1, -0.05) is 49.5 Å². The van der Waals surface area contributed by atoms with Gasteiger partial charge in [0.2, 0.25) is 0 Å². The second-order valence-corrected chi connectivity index (χ2v) is 4.92. The number of aliphatic imine (C=N–C) groups is 1. The number of likely N-dealkylation sites (N-methyl/N-ethyl adjacent to an activating group) is 1. The van der Waals surface area contributed by atoms with Crippen LogP contribution in [0, 0.1) is 0 Å². The zero-order valence-corrected chi connectivity index (χ0v) is 11.4. The summed E-state index contributed by atoms with van der Waals surface area (Å²) < 4.78 is 0. The average Bonchev–Trinajstić information content (AvgIpc) is 2.62. The van der Waals surface area contributed by atoms with Crippen molar-refractivity contribution in [2.45, 2.75) is 31.7 Å². The van der Waals surface area contributed by atoms with Gasteiger partial charge in [-0.15, -0.1) is 0 Å². The van der Waals surface area contributed by atoms with Crippen LogP contribution in [-0.4, -0.2) is 31.7 Å². The molecule has 0 aliphatic carbocycles. The number of nitrogens with two attached hydrogens (primary N) is 1. The maximum atomic E-state index is 12.5. The average molecular weight is 255 g/mol. The number of amides is 1. The van der Waals surface area contributed by atoms with Gasteiger partial charge in [-0.2, -0.15) is 0 Å². The third-order valence-electron chi connectivity index (χ3n) is 3.56. The van der Waals surface area contributed by atoms with Crippen molar-refractivity contribution in [2.24, 2.45) is 10.7 Å². The zero-order chi connectivity index (χ0) is 14.0. The molecule has 1 unspecified atom stereocenters. The third-order valence-corrected chi connectivity index (χ3v) is 3.56. The summed E-state index contributed by atoms with van der Waals surface area (Å²) >= 11 is 0. The summed E-state index contributed by atoms with van der Waals surface area (Å²) in [6.45, 7) is 2.09. The first-order valence-electron chi connectivity index (χ1n) is 6.51. The van der Waals surface area contributed by atoms with Crippen molar-refractivity contribution >= 4 is 25.2 Å². The molecule has 0 saturated carbocycles. The molecule has 0 bridgehead atoms. The molecule has 1 aliphatic heterocycles. The Kier molecular flexibility index (Phi) is 3.65. The first kappa shape index (κ1) is 13.7. The number of unbranched alkanes of at least 4 members (excludes halogenated alkanes) is 1. The maximum Gasteiger partial charge on any atom is 0.261 e. The van der Waals surface area contributed by atoms with E-state index in [1.165, 1.54) is 4.90 Å². The summed E-state index contributed by atoms with van der Waals surface area (Å²) in [7, 11) is 7.48. The van der Waals surface area contributed by atoms with E-state index in [1.54, 1.807) is 13.1 Å². The number of rotatable bonds is 4. The molecular weight excluding hydrogens is 237 g/mol. The number of benzene rings is 1. The van der Waals surface area contributed by atoms with E-state index >= 15 is 0 Å². The number of hydrogen-bond donors (Lipinski definition) is 1. The minimum Gasteiger partial charge on any atom is -0.369 e. The van der Waals surface area contributed by atoms with Crippen molar-refractivity contribution in [2.75, 3.05) is 7.05 Å². The molecule has 2 radical (unpaired) electrons. The molecule has 19 heavy (non-hydrogen) atoms. The van der Waals surface area contributed by atoms with E-state index in [0.29, 0.717) is 11.9 Å². The summed E-state index contributed by atoms with van der Waals surface area (Å²) in [6, 6.07) is 7.34. The molecule has 1 aromatic rings. The van der Waals surface area contributed by atoms with Crippen LogP contribution in [0.3, 0.4) is 0 Å². The lowest BCUT2D eigenvalue weighted by Crippen LogP contribution is -2.40. The van der Waals surface area contributed by atoms with Gasteiger partial charge in [0.25, 0.3) is 5.91 Å². The quantitative estimate of drug-likeness (QED) is 0.803. The molecular formula is C14H18BN3O. The lowest BCUT2D eigenvalue weighted by Gasteiger charge is -2.25. The minimum atomic E-state index is -0.899. The van der Waals surface area contributed by atoms with Crippen molar-refractivity contribution < 1.29 is 4.79 Å². The van der Waals surface area contributed by atoms with Crippen LogP contribution in [-0.2, 0) is 10.3 Å². The Labute approximate surface area is 115 Å². The Hall–Kier alpha value is -1.78. The summed E-state index contributed by atoms with van der Waals surface area (Å²) in [5.41, 5.74) is 6.36. The van der Waals surface area contributed by atoms with Crippen molar-refractivity contribution in [3.05, 3.63) is 29.8 Å². The Balaban J connectivity index is 2.50. The lowest BCUT2D eigenvalue weighted by molar-refractivity contribution is -0.130. The molecule has 2 N–H and O–H groups in total.